The molecule has 0 aromatic heterocycles. The highest BCUT2D eigenvalue weighted by Gasteiger charge is 2.33. The molecule has 21 heavy (non-hydrogen) atoms. The fourth-order valence-corrected chi connectivity index (χ4v) is 2.12. The topological polar surface area (TPSA) is 35.8 Å². The van der Waals surface area contributed by atoms with Gasteiger partial charge >= 0.3 is 6.18 Å². The standard InChI is InChI=1S/C16H21F3N2/c1-2-3-4-5-6-7-10-21-14-9-8-13(12-20)15(11-14)16(17,18)19/h8-9,11,21H,2-7,10H2,1H3. The van der Waals surface area contributed by atoms with Crippen LogP contribution in [0.4, 0.5) is 18.9 Å². The Morgan fingerprint density at radius 1 is 1.10 bits per heavy atom. The predicted molar refractivity (Wildman–Crippen MR) is 78.0 cm³/mol. The van der Waals surface area contributed by atoms with Crippen LogP contribution in [-0.4, -0.2) is 6.54 Å². The van der Waals surface area contributed by atoms with Crippen molar-refractivity contribution in [3.05, 3.63) is 29.3 Å². The highest BCUT2D eigenvalue weighted by molar-refractivity contribution is 5.53. The van der Waals surface area contributed by atoms with E-state index in [0.29, 0.717) is 12.2 Å². The van der Waals surface area contributed by atoms with Crippen LogP contribution in [0.2, 0.25) is 0 Å². The summed E-state index contributed by atoms with van der Waals surface area (Å²) in [5.41, 5.74) is -0.805. The summed E-state index contributed by atoms with van der Waals surface area (Å²) >= 11 is 0. The van der Waals surface area contributed by atoms with Crippen LogP contribution in [0, 0.1) is 11.3 Å². The van der Waals surface area contributed by atoms with Gasteiger partial charge in [-0.2, -0.15) is 18.4 Å². The van der Waals surface area contributed by atoms with E-state index in [-0.39, 0.29) is 5.56 Å². The lowest BCUT2D eigenvalue weighted by Crippen LogP contribution is -2.09. The summed E-state index contributed by atoms with van der Waals surface area (Å²) in [6.07, 6.45) is 2.33. The van der Waals surface area contributed by atoms with Crippen molar-refractivity contribution < 1.29 is 13.2 Å². The number of alkyl halides is 3. The zero-order chi connectivity index (χ0) is 15.7. The van der Waals surface area contributed by atoms with Gasteiger partial charge in [0.1, 0.15) is 0 Å². The van der Waals surface area contributed by atoms with Crippen LogP contribution in [0.5, 0.6) is 0 Å². The summed E-state index contributed by atoms with van der Waals surface area (Å²) in [6, 6.07) is 5.32. The molecule has 1 aromatic rings. The number of hydrogen-bond donors (Lipinski definition) is 1. The van der Waals surface area contributed by atoms with Gasteiger partial charge in [0, 0.05) is 12.2 Å². The molecule has 0 aliphatic rings. The Morgan fingerprint density at radius 2 is 1.76 bits per heavy atom. The number of halogens is 3. The van der Waals surface area contributed by atoms with E-state index in [2.05, 4.69) is 12.2 Å². The minimum absolute atomic E-state index is 0.340. The van der Waals surface area contributed by atoms with Gasteiger partial charge in [-0.1, -0.05) is 39.0 Å². The van der Waals surface area contributed by atoms with Crippen molar-refractivity contribution >= 4 is 5.69 Å². The maximum absolute atomic E-state index is 12.8. The van der Waals surface area contributed by atoms with Crippen LogP contribution in [0.1, 0.15) is 56.6 Å². The van der Waals surface area contributed by atoms with Gasteiger partial charge in [-0.15, -0.1) is 0 Å². The van der Waals surface area contributed by atoms with Crippen LogP contribution in [0.25, 0.3) is 0 Å². The van der Waals surface area contributed by atoms with Gasteiger partial charge in [-0.05, 0) is 24.6 Å². The normalized spacial score (nSPS) is 11.2. The lowest BCUT2D eigenvalue weighted by Gasteiger charge is -2.12. The van der Waals surface area contributed by atoms with Gasteiger partial charge in [0.25, 0.3) is 0 Å². The molecule has 0 bridgehead atoms. The third kappa shape index (κ3) is 6.07. The fourth-order valence-electron chi connectivity index (χ4n) is 2.12. The molecule has 0 aliphatic carbocycles. The van der Waals surface area contributed by atoms with E-state index in [1.54, 1.807) is 6.07 Å². The van der Waals surface area contributed by atoms with Gasteiger partial charge in [0.15, 0.2) is 0 Å². The summed E-state index contributed by atoms with van der Waals surface area (Å²) in [5.74, 6) is 0. The molecule has 2 nitrogen and oxygen atoms in total. The Hall–Kier alpha value is -1.70. The summed E-state index contributed by atoms with van der Waals surface area (Å²) in [6.45, 7) is 2.81. The van der Waals surface area contributed by atoms with Gasteiger partial charge < -0.3 is 5.32 Å². The van der Waals surface area contributed by atoms with Crippen molar-refractivity contribution in [2.45, 2.75) is 51.6 Å². The van der Waals surface area contributed by atoms with Gasteiger partial charge in [0.05, 0.1) is 17.2 Å². The number of hydrogen-bond acceptors (Lipinski definition) is 2. The van der Waals surface area contributed by atoms with E-state index in [1.807, 2.05) is 0 Å². The monoisotopic (exact) mass is 298 g/mol. The molecule has 0 aliphatic heterocycles. The molecular weight excluding hydrogens is 277 g/mol. The second-order valence-corrected chi connectivity index (χ2v) is 5.06. The Morgan fingerprint density at radius 3 is 2.38 bits per heavy atom. The molecule has 0 unspecified atom stereocenters. The minimum Gasteiger partial charge on any atom is -0.385 e. The number of unbranched alkanes of at least 4 members (excludes halogenated alkanes) is 5. The second kappa shape index (κ2) is 8.56. The molecule has 116 valence electrons. The molecule has 0 heterocycles. The third-order valence-corrected chi connectivity index (χ3v) is 3.30. The lowest BCUT2D eigenvalue weighted by molar-refractivity contribution is -0.137. The van der Waals surface area contributed by atoms with Crippen molar-refractivity contribution in [1.82, 2.24) is 0 Å². The van der Waals surface area contributed by atoms with Crippen LogP contribution < -0.4 is 5.32 Å². The first-order valence-corrected chi connectivity index (χ1v) is 7.34. The Bertz CT molecular complexity index is 475. The number of rotatable bonds is 8. The average Bonchev–Trinajstić information content (AvgIpc) is 2.45. The maximum Gasteiger partial charge on any atom is 0.417 e. The predicted octanol–water partition coefficient (Wildman–Crippen LogP) is 5.35. The molecule has 0 fully saturated rings. The van der Waals surface area contributed by atoms with E-state index in [0.717, 1.165) is 25.3 Å². The third-order valence-electron chi connectivity index (χ3n) is 3.30. The summed E-state index contributed by atoms with van der Waals surface area (Å²) in [5, 5.41) is 11.7. The highest BCUT2D eigenvalue weighted by atomic mass is 19.4. The first-order valence-electron chi connectivity index (χ1n) is 7.34. The molecule has 1 aromatic carbocycles. The first kappa shape index (κ1) is 17.4. The number of anilines is 1. The summed E-state index contributed by atoms with van der Waals surface area (Å²) in [7, 11) is 0. The van der Waals surface area contributed by atoms with Crippen molar-refractivity contribution in [1.29, 1.82) is 5.26 Å². The van der Waals surface area contributed by atoms with Crippen molar-refractivity contribution in [2.24, 2.45) is 0 Å². The van der Waals surface area contributed by atoms with Crippen molar-refractivity contribution in [2.75, 3.05) is 11.9 Å². The molecule has 0 saturated carbocycles. The van der Waals surface area contributed by atoms with Crippen LogP contribution in [0.15, 0.2) is 18.2 Å². The molecule has 0 saturated heterocycles. The Balaban J connectivity index is 2.48. The summed E-state index contributed by atoms with van der Waals surface area (Å²) in [4.78, 5) is 0. The van der Waals surface area contributed by atoms with E-state index in [9.17, 15) is 13.2 Å². The van der Waals surface area contributed by atoms with Gasteiger partial charge in [-0.25, -0.2) is 0 Å². The van der Waals surface area contributed by atoms with E-state index >= 15 is 0 Å². The van der Waals surface area contributed by atoms with E-state index < -0.39 is 11.7 Å². The zero-order valence-corrected chi connectivity index (χ0v) is 12.3. The first-order chi connectivity index (χ1) is 9.99. The molecule has 0 radical (unpaired) electrons. The van der Waals surface area contributed by atoms with Crippen molar-refractivity contribution in [3.8, 4) is 6.07 Å². The largest absolute Gasteiger partial charge is 0.417 e. The van der Waals surface area contributed by atoms with Crippen LogP contribution in [0.3, 0.4) is 0 Å². The smallest absolute Gasteiger partial charge is 0.385 e. The lowest BCUT2D eigenvalue weighted by atomic mass is 10.1. The van der Waals surface area contributed by atoms with Gasteiger partial charge in [0.2, 0.25) is 0 Å². The highest BCUT2D eigenvalue weighted by Crippen LogP contribution is 2.33. The molecule has 0 atom stereocenters. The molecule has 0 spiro atoms. The molecular formula is C16H21F3N2. The second-order valence-electron chi connectivity index (χ2n) is 5.06. The molecule has 5 heteroatoms. The summed E-state index contributed by atoms with van der Waals surface area (Å²) < 4.78 is 38.4. The van der Waals surface area contributed by atoms with Crippen molar-refractivity contribution in [3.63, 3.8) is 0 Å². The van der Waals surface area contributed by atoms with E-state index in [4.69, 9.17) is 5.26 Å². The number of nitrogens with one attached hydrogen (secondary N) is 1. The zero-order valence-electron chi connectivity index (χ0n) is 12.3. The number of nitrogens with zero attached hydrogens (tertiary/aromatic N) is 1. The minimum atomic E-state index is -4.50. The quantitative estimate of drug-likeness (QED) is 0.657. The van der Waals surface area contributed by atoms with E-state index in [1.165, 1.54) is 31.4 Å². The maximum atomic E-state index is 12.8. The van der Waals surface area contributed by atoms with Gasteiger partial charge in [-0.3, -0.25) is 0 Å². The Kier molecular flexibility index (Phi) is 7.07. The number of nitriles is 1. The van der Waals surface area contributed by atoms with Crippen LogP contribution in [-0.2, 0) is 6.18 Å². The van der Waals surface area contributed by atoms with Crippen LogP contribution >= 0.6 is 0 Å². The number of benzene rings is 1. The average molecular weight is 298 g/mol. The SMILES string of the molecule is CCCCCCCCNc1ccc(C#N)c(C(F)(F)F)c1. The molecule has 1 rings (SSSR count). The molecule has 0 amide bonds. The Labute approximate surface area is 124 Å². The fraction of sp³-hybridized carbons (Fsp3) is 0.562. The molecule has 1 N–H and O–H groups in total.